The molecule has 0 saturated carbocycles. The second-order valence-corrected chi connectivity index (χ2v) is 5.04. The second-order valence-electron chi connectivity index (χ2n) is 3.70. The lowest BCUT2D eigenvalue weighted by Gasteiger charge is -2.09. The fourth-order valence-electron chi connectivity index (χ4n) is 1.63. The van der Waals surface area contributed by atoms with Crippen LogP contribution in [0.1, 0.15) is 15.9 Å². The van der Waals surface area contributed by atoms with Crippen LogP contribution in [0.2, 0.25) is 0 Å². The number of halogens is 1. The minimum Gasteiger partial charge on any atom is -0.496 e. The summed E-state index contributed by atoms with van der Waals surface area (Å²) < 4.78 is 5.97. The first-order valence-corrected chi connectivity index (χ1v) is 6.53. The molecule has 2 rings (SSSR count). The average molecular weight is 323 g/mol. The van der Waals surface area contributed by atoms with Gasteiger partial charge >= 0.3 is 0 Å². The normalized spacial score (nSPS) is 10.2. The highest BCUT2D eigenvalue weighted by Gasteiger charge is 2.15. The Kier molecular flexibility index (Phi) is 4.09. The molecule has 0 aliphatic carbocycles. The third kappa shape index (κ3) is 2.60. The van der Waals surface area contributed by atoms with Crippen LogP contribution < -0.4 is 4.74 Å². The van der Waals surface area contributed by atoms with Crippen molar-refractivity contribution in [1.29, 1.82) is 0 Å². The standard InChI is InChI=1S/C14H11BrO2S/c1-17-12-7-10(13(18)8-11(12)15)14(16)9-5-3-2-4-6-9/h2-8,18H,1H3. The van der Waals surface area contributed by atoms with Crippen molar-refractivity contribution in [3.63, 3.8) is 0 Å². The van der Waals surface area contributed by atoms with Crippen molar-refractivity contribution in [2.24, 2.45) is 0 Å². The zero-order valence-corrected chi connectivity index (χ0v) is 12.2. The lowest BCUT2D eigenvalue weighted by atomic mass is 10.0. The molecule has 0 N–H and O–H groups in total. The SMILES string of the molecule is COc1cc(C(=O)c2ccccc2)c(S)cc1Br. The molecule has 0 aromatic heterocycles. The Morgan fingerprint density at radius 1 is 1.22 bits per heavy atom. The van der Waals surface area contributed by atoms with Crippen molar-refractivity contribution in [1.82, 2.24) is 0 Å². The van der Waals surface area contributed by atoms with Crippen molar-refractivity contribution < 1.29 is 9.53 Å². The van der Waals surface area contributed by atoms with Crippen LogP contribution in [0.15, 0.2) is 51.8 Å². The van der Waals surface area contributed by atoms with Gasteiger partial charge in [0.1, 0.15) is 5.75 Å². The van der Waals surface area contributed by atoms with Gasteiger partial charge in [0, 0.05) is 16.0 Å². The minimum atomic E-state index is -0.0635. The molecule has 4 heteroatoms. The van der Waals surface area contributed by atoms with Gasteiger partial charge in [0.05, 0.1) is 11.6 Å². The van der Waals surface area contributed by atoms with Gasteiger partial charge in [0.2, 0.25) is 0 Å². The number of hydrogen-bond acceptors (Lipinski definition) is 3. The molecule has 0 aliphatic rings. The Balaban J connectivity index is 2.48. The van der Waals surface area contributed by atoms with Crippen molar-refractivity contribution in [2.75, 3.05) is 7.11 Å². The van der Waals surface area contributed by atoms with Crippen molar-refractivity contribution in [2.45, 2.75) is 4.90 Å². The Hall–Kier alpha value is -1.26. The number of thiol groups is 1. The molecule has 0 amide bonds. The van der Waals surface area contributed by atoms with E-state index in [9.17, 15) is 4.79 Å². The van der Waals surface area contributed by atoms with Crippen LogP contribution in [0.4, 0.5) is 0 Å². The molecule has 2 aromatic carbocycles. The number of ketones is 1. The summed E-state index contributed by atoms with van der Waals surface area (Å²) in [6.45, 7) is 0. The second kappa shape index (κ2) is 5.59. The van der Waals surface area contributed by atoms with Crippen molar-refractivity contribution >= 4 is 34.3 Å². The lowest BCUT2D eigenvalue weighted by Crippen LogP contribution is -2.03. The molecule has 0 heterocycles. The fraction of sp³-hybridized carbons (Fsp3) is 0.0714. The third-order valence-electron chi connectivity index (χ3n) is 2.55. The molecule has 0 unspecified atom stereocenters. The molecule has 0 spiro atoms. The minimum absolute atomic E-state index is 0.0635. The van der Waals surface area contributed by atoms with Crippen LogP contribution in [0.5, 0.6) is 5.75 Å². The maximum Gasteiger partial charge on any atom is 0.194 e. The first-order chi connectivity index (χ1) is 8.63. The molecule has 18 heavy (non-hydrogen) atoms. The van der Waals surface area contributed by atoms with Gasteiger partial charge in [0.15, 0.2) is 5.78 Å². The van der Waals surface area contributed by atoms with Crippen molar-refractivity contribution in [3.8, 4) is 5.75 Å². The zero-order valence-electron chi connectivity index (χ0n) is 9.68. The van der Waals surface area contributed by atoms with Gasteiger partial charge in [-0.1, -0.05) is 30.3 Å². The van der Waals surface area contributed by atoms with Crippen molar-refractivity contribution in [3.05, 3.63) is 58.1 Å². The molecule has 92 valence electrons. The molecule has 0 fully saturated rings. The highest BCUT2D eigenvalue weighted by Crippen LogP contribution is 2.31. The van der Waals surface area contributed by atoms with Crippen LogP contribution in [-0.4, -0.2) is 12.9 Å². The van der Waals surface area contributed by atoms with E-state index in [2.05, 4.69) is 28.6 Å². The van der Waals surface area contributed by atoms with Crippen LogP contribution in [0, 0.1) is 0 Å². The molecular formula is C14H11BrO2S. The van der Waals surface area contributed by atoms with Gasteiger partial charge in [-0.05, 0) is 28.1 Å². The van der Waals surface area contributed by atoms with Gasteiger partial charge in [0.25, 0.3) is 0 Å². The molecule has 0 bridgehead atoms. The topological polar surface area (TPSA) is 26.3 Å². The predicted molar refractivity (Wildman–Crippen MR) is 77.8 cm³/mol. The van der Waals surface area contributed by atoms with E-state index in [1.54, 1.807) is 31.4 Å². The summed E-state index contributed by atoms with van der Waals surface area (Å²) in [4.78, 5) is 12.9. The molecule has 2 nitrogen and oxygen atoms in total. The van der Waals surface area contributed by atoms with Crippen LogP contribution in [-0.2, 0) is 0 Å². The van der Waals surface area contributed by atoms with E-state index >= 15 is 0 Å². The Morgan fingerprint density at radius 3 is 2.50 bits per heavy atom. The third-order valence-corrected chi connectivity index (χ3v) is 3.54. The average Bonchev–Trinajstić information content (AvgIpc) is 2.39. The van der Waals surface area contributed by atoms with Gasteiger partial charge < -0.3 is 4.74 Å². The largest absolute Gasteiger partial charge is 0.496 e. The Morgan fingerprint density at radius 2 is 1.89 bits per heavy atom. The first-order valence-electron chi connectivity index (χ1n) is 5.29. The van der Waals surface area contributed by atoms with E-state index in [-0.39, 0.29) is 5.78 Å². The number of ether oxygens (including phenoxy) is 1. The predicted octanol–water partition coefficient (Wildman–Crippen LogP) is 3.98. The summed E-state index contributed by atoms with van der Waals surface area (Å²) in [7, 11) is 1.56. The summed E-state index contributed by atoms with van der Waals surface area (Å²) >= 11 is 7.70. The van der Waals surface area contributed by atoms with E-state index in [0.29, 0.717) is 21.8 Å². The number of methoxy groups -OCH3 is 1. The van der Waals surface area contributed by atoms with Crippen LogP contribution in [0.25, 0.3) is 0 Å². The van der Waals surface area contributed by atoms with E-state index in [0.717, 1.165) is 4.47 Å². The molecule has 0 aliphatic heterocycles. The monoisotopic (exact) mass is 322 g/mol. The highest BCUT2D eigenvalue weighted by molar-refractivity contribution is 9.10. The summed E-state index contributed by atoms with van der Waals surface area (Å²) in [5, 5.41) is 0. The lowest BCUT2D eigenvalue weighted by molar-refractivity contribution is 0.103. The van der Waals surface area contributed by atoms with E-state index in [1.165, 1.54) is 0 Å². The molecule has 0 radical (unpaired) electrons. The maximum absolute atomic E-state index is 12.3. The first kappa shape index (κ1) is 13.2. The number of carbonyl (C=O) groups excluding carboxylic acids is 1. The van der Waals surface area contributed by atoms with E-state index in [1.807, 2.05) is 18.2 Å². The summed E-state index contributed by atoms with van der Waals surface area (Å²) in [5.74, 6) is 0.554. The van der Waals surface area contributed by atoms with E-state index in [4.69, 9.17) is 4.74 Å². The maximum atomic E-state index is 12.3. The number of carbonyl (C=O) groups is 1. The summed E-state index contributed by atoms with van der Waals surface area (Å²) in [5.41, 5.74) is 1.17. The van der Waals surface area contributed by atoms with Gasteiger partial charge in [-0.3, -0.25) is 4.79 Å². The fourth-order valence-corrected chi connectivity index (χ4v) is 2.60. The van der Waals surface area contributed by atoms with Crippen LogP contribution >= 0.6 is 28.6 Å². The number of rotatable bonds is 3. The molecule has 0 saturated heterocycles. The Labute approximate surface area is 120 Å². The summed E-state index contributed by atoms with van der Waals surface area (Å²) in [6.07, 6.45) is 0. The van der Waals surface area contributed by atoms with Gasteiger partial charge in [-0.15, -0.1) is 12.6 Å². The summed E-state index contributed by atoms with van der Waals surface area (Å²) in [6, 6.07) is 12.6. The molecular weight excluding hydrogens is 312 g/mol. The Bertz CT molecular complexity index is 582. The quantitative estimate of drug-likeness (QED) is 0.683. The van der Waals surface area contributed by atoms with Gasteiger partial charge in [-0.25, -0.2) is 0 Å². The number of benzene rings is 2. The smallest absolute Gasteiger partial charge is 0.194 e. The number of hydrogen-bond donors (Lipinski definition) is 1. The molecule has 0 atom stereocenters. The molecule has 2 aromatic rings. The van der Waals surface area contributed by atoms with Gasteiger partial charge in [-0.2, -0.15) is 0 Å². The van der Waals surface area contributed by atoms with E-state index < -0.39 is 0 Å². The highest BCUT2D eigenvalue weighted by atomic mass is 79.9. The van der Waals surface area contributed by atoms with Crippen LogP contribution in [0.3, 0.4) is 0 Å². The zero-order chi connectivity index (χ0) is 13.1.